The summed E-state index contributed by atoms with van der Waals surface area (Å²) in [6.45, 7) is 8.16. The van der Waals surface area contributed by atoms with Crippen LogP contribution in [0.25, 0.3) is 10.8 Å². The van der Waals surface area contributed by atoms with E-state index in [1.807, 2.05) is 11.0 Å². The molecule has 0 spiro atoms. The van der Waals surface area contributed by atoms with Crippen LogP contribution in [0.2, 0.25) is 0 Å². The third kappa shape index (κ3) is 5.79. The molecule has 1 aromatic carbocycles. The second-order valence-corrected chi connectivity index (χ2v) is 12.7. The molecule has 40 heavy (non-hydrogen) atoms. The van der Waals surface area contributed by atoms with Gasteiger partial charge in [-0.05, 0) is 61.8 Å². The summed E-state index contributed by atoms with van der Waals surface area (Å²) in [6.07, 6.45) is 5.19. The van der Waals surface area contributed by atoms with Gasteiger partial charge in [0, 0.05) is 57.0 Å². The number of nitrogens with one attached hydrogen (secondary N) is 1. The Labute approximate surface area is 236 Å². The number of benzene rings is 1. The number of carbonyl (C=O) groups is 3. The van der Waals surface area contributed by atoms with Crippen molar-refractivity contribution >= 4 is 28.5 Å². The van der Waals surface area contributed by atoms with Crippen molar-refractivity contribution in [2.75, 3.05) is 19.6 Å². The van der Waals surface area contributed by atoms with Crippen molar-refractivity contribution < 1.29 is 14.4 Å². The molecule has 3 fully saturated rings. The molecule has 3 amide bonds. The van der Waals surface area contributed by atoms with E-state index < -0.39 is 0 Å². The molecule has 3 aliphatic rings. The maximum absolute atomic E-state index is 13.9. The predicted molar refractivity (Wildman–Crippen MR) is 154 cm³/mol. The largest absolute Gasteiger partial charge is 0.353 e. The SMILES string of the molecule is CC(C)[C@@H]1CC[C@@H](C)CC(=O)N2C[C@H]3C[C@H](CN(C(=O)c4nn(C)c(=O)c5ccccc45)C3)[C@@H]2CCCC(=O)N1. The van der Waals surface area contributed by atoms with Crippen LogP contribution in [-0.4, -0.2) is 69.0 Å². The lowest BCUT2D eigenvalue weighted by Crippen LogP contribution is -2.60. The zero-order valence-electron chi connectivity index (χ0n) is 24.3. The topological polar surface area (TPSA) is 105 Å². The van der Waals surface area contributed by atoms with Gasteiger partial charge in [0.1, 0.15) is 0 Å². The highest BCUT2D eigenvalue weighted by molar-refractivity contribution is 6.04. The summed E-state index contributed by atoms with van der Waals surface area (Å²) in [6, 6.07) is 7.28. The molecule has 0 unspecified atom stereocenters. The maximum atomic E-state index is 13.9. The highest BCUT2D eigenvalue weighted by Crippen LogP contribution is 2.37. The zero-order valence-corrected chi connectivity index (χ0v) is 24.3. The molecule has 3 saturated heterocycles. The minimum Gasteiger partial charge on any atom is -0.353 e. The van der Waals surface area contributed by atoms with Gasteiger partial charge in [0.15, 0.2) is 5.69 Å². The van der Waals surface area contributed by atoms with Crippen LogP contribution in [-0.2, 0) is 16.6 Å². The van der Waals surface area contributed by atoms with E-state index in [-0.39, 0.29) is 53.1 Å². The number of hydrogen-bond acceptors (Lipinski definition) is 5. The summed E-state index contributed by atoms with van der Waals surface area (Å²) in [5.41, 5.74) is 0.0737. The van der Waals surface area contributed by atoms with E-state index in [1.54, 1.807) is 25.2 Å². The van der Waals surface area contributed by atoms with Gasteiger partial charge in [0.05, 0.1) is 5.39 Å². The highest BCUT2D eigenvalue weighted by Gasteiger charge is 2.44. The normalized spacial score (nSPS) is 28.4. The summed E-state index contributed by atoms with van der Waals surface area (Å²) in [5, 5.41) is 8.68. The molecular weight excluding hydrogens is 506 g/mol. The van der Waals surface area contributed by atoms with Crippen LogP contribution in [0, 0.1) is 23.7 Å². The van der Waals surface area contributed by atoms with E-state index in [0.29, 0.717) is 61.3 Å². The van der Waals surface area contributed by atoms with E-state index in [2.05, 4.69) is 36.1 Å². The van der Waals surface area contributed by atoms with Crippen molar-refractivity contribution in [3.05, 3.63) is 40.3 Å². The number of hydrogen-bond donors (Lipinski definition) is 1. The van der Waals surface area contributed by atoms with E-state index in [4.69, 9.17) is 0 Å². The number of carbonyl (C=O) groups excluding carboxylic acids is 3. The monoisotopic (exact) mass is 549 g/mol. The molecule has 0 aliphatic carbocycles. The number of piperidine rings is 2. The van der Waals surface area contributed by atoms with Gasteiger partial charge in [-0.25, -0.2) is 4.68 Å². The first-order valence-electron chi connectivity index (χ1n) is 15.0. The summed E-state index contributed by atoms with van der Waals surface area (Å²) >= 11 is 0. The van der Waals surface area contributed by atoms with Crippen LogP contribution in [0.5, 0.6) is 0 Å². The lowest BCUT2D eigenvalue weighted by atomic mass is 9.77. The molecule has 1 aromatic heterocycles. The Morgan fingerprint density at radius 1 is 1.02 bits per heavy atom. The van der Waals surface area contributed by atoms with E-state index in [9.17, 15) is 19.2 Å². The Morgan fingerprint density at radius 3 is 2.52 bits per heavy atom. The van der Waals surface area contributed by atoms with Gasteiger partial charge in [-0.1, -0.05) is 39.0 Å². The molecule has 0 radical (unpaired) electrons. The molecule has 5 rings (SSSR count). The lowest BCUT2D eigenvalue weighted by Gasteiger charge is -2.51. The minimum absolute atomic E-state index is 0.00540. The number of likely N-dealkylation sites (tertiary alicyclic amines) is 1. The third-order valence-corrected chi connectivity index (χ3v) is 9.28. The Bertz CT molecular complexity index is 1340. The van der Waals surface area contributed by atoms with Crippen molar-refractivity contribution in [2.24, 2.45) is 30.7 Å². The van der Waals surface area contributed by atoms with Gasteiger partial charge in [-0.3, -0.25) is 19.2 Å². The first kappa shape index (κ1) is 28.3. The first-order chi connectivity index (χ1) is 19.1. The molecule has 9 heteroatoms. The minimum atomic E-state index is -0.223. The quantitative estimate of drug-likeness (QED) is 0.619. The molecular formula is C31H43N5O4. The van der Waals surface area contributed by atoms with Gasteiger partial charge in [-0.2, -0.15) is 5.10 Å². The summed E-state index contributed by atoms with van der Waals surface area (Å²) in [7, 11) is 1.58. The van der Waals surface area contributed by atoms with Gasteiger partial charge >= 0.3 is 0 Å². The van der Waals surface area contributed by atoms with Crippen LogP contribution in [0.3, 0.4) is 0 Å². The van der Waals surface area contributed by atoms with Crippen LogP contribution >= 0.6 is 0 Å². The number of amides is 3. The molecule has 2 aromatic rings. The van der Waals surface area contributed by atoms with Crippen LogP contribution < -0.4 is 10.9 Å². The Hall–Kier alpha value is -3.23. The van der Waals surface area contributed by atoms with Gasteiger partial charge in [-0.15, -0.1) is 0 Å². The van der Waals surface area contributed by atoms with Crippen molar-refractivity contribution in [2.45, 2.75) is 77.8 Å². The third-order valence-electron chi connectivity index (χ3n) is 9.28. The number of nitrogens with zero attached hydrogens (tertiary/aromatic N) is 4. The summed E-state index contributed by atoms with van der Waals surface area (Å²) < 4.78 is 1.24. The fourth-order valence-electron chi connectivity index (χ4n) is 7.08. The highest BCUT2D eigenvalue weighted by atomic mass is 16.2. The second kappa shape index (κ2) is 11.7. The fourth-order valence-corrected chi connectivity index (χ4v) is 7.08. The van der Waals surface area contributed by atoms with Crippen molar-refractivity contribution in [1.29, 1.82) is 0 Å². The van der Waals surface area contributed by atoms with Crippen molar-refractivity contribution in [1.82, 2.24) is 24.9 Å². The van der Waals surface area contributed by atoms with E-state index in [1.165, 1.54) is 4.68 Å². The average molecular weight is 550 g/mol. The Balaban J connectivity index is 1.38. The van der Waals surface area contributed by atoms with Gasteiger partial charge in [0.25, 0.3) is 11.5 Å². The predicted octanol–water partition coefficient (Wildman–Crippen LogP) is 3.35. The number of rotatable bonds is 2. The molecule has 4 heterocycles. The smallest absolute Gasteiger partial charge is 0.274 e. The standard InChI is InChI=1S/C31H43N5O4/c1-19(2)25-13-12-20(3)14-28(38)36-17-21-15-22(26(36)10-7-11-27(37)32-25)18-35(16-21)31(40)29-23-8-5-6-9-24(23)30(39)34(4)33-29/h5-6,8-9,19-22,25-26H,7,10-18H2,1-4H3,(H,32,37)/t20-,21+,22-,25+,26+/m1/s1. The summed E-state index contributed by atoms with van der Waals surface area (Å²) in [4.78, 5) is 56.9. The lowest BCUT2D eigenvalue weighted by molar-refractivity contribution is -0.141. The average Bonchev–Trinajstić information content (AvgIpc) is 2.93. The fraction of sp³-hybridized carbons (Fsp3) is 0.645. The number of fused-ring (bicyclic) bond motifs is 5. The molecule has 9 nitrogen and oxygen atoms in total. The molecule has 0 saturated carbocycles. The molecule has 216 valence electrons. The molecule has 5 atom stereocenters. The Morgan fingerprint density at radius 2 is 1.77 bits per heavy atom. The van der Waals surface area contributed by atoms with Crippen LogP contribution in [0.1, 0.15) is 76.2 Å². The maximum Gasteiger partial charge on any atom is 0.274 e. The molecule has 3 aliphatic heterocycles. The van der Waals surface area contributed by atoms with Crippen molar-refractivity contribution in [3.8, 4) is 0 Å². The molecule has 1 N–H and O–H groups in total. The van der Waals surface area contributed by atoms with Gasteiger partial charge < -0.3 is 15.1 Å². The van der Waals surface area contributed by atoms with Gasteiger partial charge in [0.2, 0.25) is 11.8 Å². The van der Waals surface area contributed by atoms with Crippen LogP contribution in [0.4, 0.5) is 0 Å². The second-order valence-electron chi connectivity index (χ2n) is 12.7. The number of aryl methyl sites for hydroxylation is 1. The van der Waals surface area contributed by atoms with Crippen molar-refractivity contribution in [3.63, 3.8) is 0 Å². The van der Waals surface area contributed by atoms with Crippen LogP contribution in [0.15, 0.2) is 29.1 Å². The van der Waals surface area contributed by atoms with E-state index >= 15 is 0 Å². The van der Waals surface area contributed by atoms with E-state index in [0.717, 1.165) is 25.7 Å². The Kier molecular flexibility index (Phi) is 8.29. The first-order valence-corrected chi connectivity index (χ1v) is 15.0. The molecule has 2 bridgehead atoms. The zero-order chi connectivity index (χ0) is 28.6. The number of aromatic nitrogens is 2. The summed E-state index contributed by atoms with van der Waals surface area (Å²) in [5.74, 6) is 1.06.